The van der Waals surface area contributed by atoms with E-state index in [1.165, 1.54) is 0 Å². The average Bonchev–Trinajstić information content (AvgIpc) is 3.10. The third-order valence-corrected chi connectivity index (χ3v) is 3.78. The first kappa shape index (κ1) is 14.7. The van der Waals surface area contributed by atoms with E-state index in [2.05, 4.69) is 10.6 Å². The fraction of sp³-hybridized carbons (Fsp3) is 0.917. The van der Waals surface area contributed by atoms with Gasteiger partial charge in [0.15, 0.2) is 0 Å². The number of halogens is 1. The van der Waals surface area contributed by atoms with Gasteiger partial charge in [-0.25, -0.2) is 0 Å². The molecule has 0 aromatic rings. The number of carbonyl (C=O) groups excluding carboxylic acids is 1. The molecular formula is C12H23ClN2O2. The summed E-state index contributed by atoms with van der Waals surface area (Å²) in [5, 5.41) is 15.8. The molecule has 2 rings (SSSR count). The number of amides is 1. The van der Waals surface area contributed by atoms with Crippen LogP contribution < -0.4 is 10.6 Å². The number of piperidine rings is 1. The summed E-state index contributed by atoms with van der Waals surface area (Å²) >= 11 is 0. The van der Waals surface area contributed by atoms with Crippen LogP contribution in [0.1, 0.15) is 32.6 Å². The van der Waals surface area contributed by atoms with Crippen LogP contribution in [-0.4, -0.2) is 36.8 Å². The van der Waals surface area contributed by atoms with E-state index in [9.17, 15) is 9.90 Å². The number of aliphatic hydroxyl groups excluding tert-OH is 1. The van der Waals surface area contributed by atoms with Gasteiger partial charge >= 0.3 is 0 Å². The molecule has 2 fully saturated rings. The third kappa shape index (κ3) is 3.83. The van der Waals surface area contributed by atoms with Crippen molar-refractivity contribution in [1.29, 1.82) is 0 Å². The standard InChI is InChI=1S/C12H22N2O2.ClH/c1-12(5-2-6-13-8-12)11(16)14-7-10(15)9-3-4-9;/h9-10,13,15H,2-8H2,1H3,(H,14,16);1H. The summed E-state index contributed by atoms with van der Waals surface area (Å²) in [6.07, 6.45) is 3.86. The minimum absolute atomic E-state index is 0. The highest BCUT2D eigenvalue weighted by Gasteiger charge is 2.36. The SMILES string of the molecule is CC1(C(=O)NCC(O)C2CC2)CCCNC1.Cl. The molecule has 0 aromatic heterocycles. The Morgan fingerprint density at radius 2 is 2.29 bits per heavy atom. The van der Waals surface area contributed by atoms with Crippen LogP contribution in [0.2, 0.25) is 0 Å². The van der Waals surface area contributed by atoms with Gasteiger partial charge in [0.25, 0.3) is 0 Å². The van der Waals surface area contributed by atoms with E-state index in [4.69, 9.17) is 0 Å². The Bertz CT molecular complexity index is 263. The largest absolute Gasteiger partial charge is 0.391 e. The number of hydrogen-bond acceptors (Lipinski definition) is 3. The lowest BCUT2D eigenvalue weighted by Crippen LogP contribution is -2.50. The van der Waals surface area contributed by atoms with E-state index in [1.807, 2.05) is 6.92 Å². The molecule has 0 bridgehead atoms. The molecule has 17 heavy (non-hydrogen) atoms. The third-order valence-electron chi connectivity index (χ3n) is 3.78. The van der Waals surface area contributed by atoms with E-state index < -0.39 is 0 Å². The zero-order chi connectivity index (χ0) is 11.6. The first-order valence-electron chi connectivity index (χ1n) is 6.29. The summed E-state index contributed by atoms with van der Waals surface area (Å²) in [6.45, 7) is 4.17. The molecule has 4 nitrogen and oxygen atoms in total. The zero-order valence-corrected chi connectivity index (χ0v) is 11.2. The lowest BCUT2D eigenvalue weighted by molar-refractivity contribution is -0.131. The van der Waals surface area contributed by atoms with Gasteiger partial charge in [0.05, 0.1) is 11.5 Å². The first-order chi connectivity index (χ1) is 7.62. The molecule has 3 N–H and O–H groups in total. The topological polar surface area (TPSA) is 61.4 Å². The van der Waals surface area contributed by atoms with E-state index in [0.717, 1.165) is 38.8 Å². The fourth-order valence-corrected chi connectivity index (χ4v) is 2.31. The summed E-state index contributed by atoms with van der Waals surface area (Å²) in [6, 6.07) is 0. The lowest BCUT2D eigenvalue weighted by atomic mass is 9.82. The molecule has 100 valence electrons. The average molecular weight is 263 g/mol. The number of hydrogen-bond donors (Lipinski definition) is 3. The molecule has 1 saturated heterocycles. The van der Waals surface area contributed by atoms with Gasteiger partial charge in [-0.3, -0.25) is 4.79 Å². The summed E-state index contributed by atoms with van der Waals surface area (Å²) in [5.74, 6) is 0.511. The maximum Gasteiger partial charge on any atom is 0.227 e. The molecule has 1 saturated carbocycles. The Balaban J connectivity index is 0.00000144. The highest BCUT2D eigenvalue weighted by Crippen LogP contribution is 2.32. The molecule has 2 atom stereocenters. The van der Waals surface area contributed by atoms with Gasteiger partial charge < -0.3 is 15.7 Å². The van der Waals surface area contributed by atoms with Crippen LogP contribution in [0.15, 0.2) is 0 Å². The molecule has 2 unspecified atom stereocenters. The van der Waals surface area contributed by atoms with Crippen molar-refractivity contribution in [1.82, 2.24) is 10.6 Å². The summed E-state index contributed by atoms with van der Waals surface area (Å²) in [4.78, 5) is 12.0. The van der Waals surface area contributed by atoms with Gasteiger partial charge in [-0.05, 0) is 45.1 Å². The van der Waals surface area contributed by atoms with Crippen molar-refractivity contribution >= 4 is 18.3 Å². The van der Waals surface area contributed by atoms with Crippen molar-refractivity contribution in [2.24, 2.45) is 11.3 Å². The summed E-state index contributed by atoms with van der Waals surface area (Å²) < 4.78 is 0. The number of rotatable bonds is 4. The molecule has 0 spiro atoms. The highest BCUT2D eigenvalue weighted by atomic mass is 35.5. The quantitative estimate of drug-likeness (QED) is 0.699. The summed E-state index contributed by atoms with van der Waals surface area (Å²) in [5.41, 5.74) is -0.290. The minimum Gasteiger partial charge on any atom is -0.391 e. The molecule has 1 heterocycles. The Labute approximate surface area is 109 Å². The number of aliphatic hydroxyl groups is 1. The molecule has 1 aliphatic carbocycles. The van der Waals surface area contributed by atoms with Gasteiger partial charge in [0.2, 0.25) is 5.91 Å². The van der Waals surface area contributed by atoms with E-state index in [-0.39, 0.29) is 29.8 Å². The lowest BCUT2D eigenvalue weighted by Gasteiger charge is -2.32. The van der Waals surface area contributed by atoms with Crippen LogP contribution in [0.5, 0.6) is 0 Å². The van der Waals surface area contributed by atoms with Crippen molar-refractivity contribution in [3.63, 3.8) is 0 Å². The van der Waals surface area contributed by atoms with Crippen LogP contribution >= 0.6 is 12.4 Å². The van der Waals surface area contributed by atoms with Crippen molar-refractivity contribution in [2.75, 3.05) is 19.6 Å². The van der Waals surface area contributed by atoms with Crippen molar-refractivity contribution in [3.05, 3.63) is 0 Å². The monoisotopic (exact) mass is 262 g/mol. The van der Waals surface area contributed by atoms with Crippen LogP contribution in [-0.2, 0) is 4.79 Å². The van der Waals surface area contributed by atoms with Crippen LogP contribution in [0.25, 0.3) is 0 Å². The molecule has 1 aliphatic heterocycles. The second-order valence-electron chi connectivity index (χ2n) is 5.46. The maximum absolute atomic E-state index is 12.0. The first-order valence-corrected chi connectivity index (χ1v) is 6.29. The van der Waals surface area contributed by atoms with Crippen LogP contribution in [0.4, 0.5) is 0 Å². The van der Waals surface area contributed by atoms with Crippen molar-refractivity contribution in [2.45, 2.75) is 38.7 Å². The summed E-state index contributed by atoms with van der Waals surface area (Å²) in [7, 11) is 0. The zero-order valence-electron chi connectivity index (χ0n) is 10.4. The van der Waals surface area contributed by atoms with Gasteiger partial charge in [0, 0.05) is 13.1 Å². The van der Waals surface area contributed by atoms with E-state index in [1.54, 1.807) is 0 Å². The highest BCUT2D eigenvalue weighted by molar-refractivity contribution is 5.85. The molecule has 0 aromatic carbocycles. The Kier molecular flexibility index (Phi) is 5.22. The van der Waals surface area contributed by atoms with Crippen molar-refractivity contribution in [3.8, 4) is 0 Å². The maximum atomic E-state index is 12.0. The van der Waals surface area contributed by atoms with Crippen LogP contribution in [0.3, 0.4) is 0 Å². The predicted molar refractivity (Wildman–Crippen MR) is 69.2 cm³/mol. The number of carbonyl (C=O) groups is 1. The second-order valence-corrected chi connectivity index (χ2v) is 5.46. The molecule has 0 radical (unpaired) electrons. The number of nitrogens with one attached hydrogen (secondary N) is 2. The Morgan fingerprint density at radius 1 is 1.59 bits per heavy atom. The molecule has 5 heteroatoms. The van der Waals surface area contributed by atoms with E-state index in [0.29, 0.717) is 12.5 Å². The van der Waals surface area contributed by atoms with Crippen molar-refractivity contribution < 1.29 is 9.90 Å². The van der Waals surface area contributed by atoms with Gasteiger partial charge in [0.1, 0.15) is 0 Å². The van der Waals surface area contributed by atoms with E-state index >= 15 is 0 Å². The Hall–Kier alpha value is -0.320. The van der Waals surface area contributed by atoms with Gasteiger partial charge in [-0.1, -0.05) is 0 Å². The van der Waals surface area contributed by atoms with Gasteiger partial charge in [-0.15, -0.1) is 12.4 Å². The predicted octanol–water partition coefficient (Wildman–Crippen LogP) is 0.685. The van der Waals surface area contributed by atoms with Gasteiger partial charge in [-0.2, -0.15) is 0 Å². The molecule has 2 aliphatic rings. The molecule has 1 amide bonds. The van der Waals surface area contributed by atoms with Crippen LogP contribution in [0, 0.1) is 11.3 Å². The minimum atomic E-state index is -0.343. The smallest absolute Gasteiger partial charge is 0.227 e. The fourth-order valence-electron chi connectivity index (χ4n) is 2.31. The second kappa shape index (κ2) is 6.03. The normalized spacial score (nSPS) is 30.2. The Morgan fingerprint density at radius 3 is 2.82 bits per heavy atom. The molecular weight excluding hydrogens is 240 g/mol.